The van der Waals surface area contributed by atoms with E-state index in [1.165, 1.54) is 0 Å². The Morgan fingerprint density at radius 3 is 2.40 bits per heavy atom. The summed E-state index contributed by atoms with van der Waals surface area (Å²) in [5.41, 5.74) is -0.636. The average Bonchev–Trinajstić information content (AvgIpc) is 2.33. The van der Waals surface area contributed by atoms with Gasteiger partial charge in [0.1, 0.15) is 0 Å². The Bertz CT molecular complexity index is 456. The Kier molecular flexibility index (Phi) is 6.31. The fourth-order valence-corrected chi connectivity index (χ4v) is 3.99. The summed E-state index contributed by atoms with van der Waals surface area (Å²) in [6, 6.07) is 8.84. The Labute approximate surface area is 128 Å². The molecule has 20 heavy (non-hydrogen) atoms. The van der Waals surface area contributed by atoms with Gasteiger partial charge in [0.25, 0.3) is 0 Å². The summed E-state index contributed by atoms with van der Waals surface area (Å²) < 4.78 is 6.68. The first kappa shape index (κ1) is 16.8. The van der Waals surface area contributed by atoms with Crippen molar-refractivity contribution in [3.05, 3.63) is 30.3 Å². The van der Waals surface area contributed by atoms with Crippen molar-refractivity contribution in [3.63, 3.8) is 0 Å². The van der Waals surface area contributed by atoms with Crippen LogP contribution in [0, 0.1) is 0 Å². The van der Waals surface area contributed by atoms with Gasteiger partial charge in [0.2, 0.25) is 0 Å². The van der Waals surface area contributed by atoms with Gasteiger partial charge in [0, 0.05) is 0 Å². The minimum absolute atomic E-state index is 0.448. The molecular formula is C14H19NO4Te. The minimum atomic E-state index is -1.03. The first-order valence-electron chi connectivity index (χ1n) is 6.18. The zero-order valence-electron chi connectivity index (χ0n) is 11.8. The topological polar surface area (TPSA) is 75.6 Å². The number of carbonyl (C=O) groups excluding carboxylic acids is 1. The van der Waals surface area contributed by atoms with Crippen LogP contribution in [-0.4, -0.2) is 49.7 Å². The second-order valence-electron chi connectivity index (χ2n) is 5.16. The first-order valence-corrected chi connectivity index (χ1v) is 8.99. The number of hydrogen-bond acceptors (Lipinski definition) is 3. The third kappa shape index (κ3) is 6.78. The van der Waals surface area contributed by atoms with Gasteiger partial charge in [-0.1, -0.05) is 0 Å². The number of ether oxygens (including phenoxy) is 1. The van der Waals surface area contributed by atoms with Crippen molar-refractivity contribution >= 4 is 36.6 Å². The maximum atomic E-state index is 11.6. The fourth-order valence-electron chi connectivity index (χ4n) is 1.32. The summed E-state index contributed by atoms with van der Waals surface area (Å²) in [6.07, 6.45) is -0.689. The first-order chi connectivity index (χ1) is 9.28. The summed E-state index contributed by atoms with van der Waals surface area (Å²) in [5, 5.41) is 11.6. The number of rotatable bonds is 5. The van der Waals surface area contributed by atoms with Gasteiger partial charge in [-0.3, -0.25) is 0 Å². The number of amides is 1. The SMILES string of the molecule is CC(C)(C)OC(=O)N[C@@H](C[Te]c1ccccc1)C(=O)O. The molecule has 0 radical (unpaired) electrons. The zero-order valence-corrected chi connectivity index (χ0v) is 14.1. The standard InChI is InChI=1S/C14H19NO4Te/c1-14(2,3)19-13(18)15-11(12(16)17)9-20-10-7-5-4-6-8-10/h4-8,11H,9H2,1-3H3,(H,15,18)(H,16,17)/t11-/m0/s1. The molecule has 1 aromatic carbocycles. The molecular weight excluding hydrogens is 374 g/mol. The predicted molar refractivity (Wildman–Crippen MR) is 77.4 cm³/mol. The van der Waals surface area contributed by atoms with E-state index in [9.17, 15) is 9.59 Å². The molecule has 0 saturated carbocycles. The van der Waals surface area contributed by atoms with E-state index in [-0.39, 0.29) is 0 Å². The van der Waals surface area contributed by atoms with E-state index < -0.39 is 44.6 Å². The normalized spacial score (nSPS) is 12.6. The van der Waals surface area contributed by atoms with E-state index in [0.717, 1.165) is 3.61 Å². The molecule has 0 aromatic heterocycles. The van der Waals surface area contributed by atoms with E-state index in [1.807, 2.05) is 30.3 Å². The van der Waals surface area contributed by atoms with E-state index in [2.05, 4.69) is 5.32 Å². The van der Waals surface area contributed by atoms with Gasteiger partial charge in [-0.2, -0.15) is 0 Å². The Balaban J connectivity index is 2.53. The fraction of sp³-hybridized carbons (Fsp3) is 0.429. The molecule has 6 heteroatoms. The van der Waals surface area contributed by atoms with E-state index in [0.29, 0.717) is 4.47 Å². The van der Waals surface area contributed by atoms with Crippen molar-refractivity contribution in [1.29, 1.82) is 0 Å². The predicted octanol–water partition coefficient (Wildman–Crippen LogP) is 1.41. The van der Waals surface area contributed by atoms with Crippen LogP contribution in [0.4, 0.5) is 4.79 Å². The molecule has 0 unspecified atom stereocenters. The van der Waals surface area contributed by atoms with Gasteiger partial charge in [0.15, 0.2) is 0 Å². The number of nitrogens with one attached hydrogen (secondary N) is 1. The van der Waals surface area contributed by atoms with Crippen LogP contribution >= 0.6 is 0 Å². The monoisotopic (exact) mass is 395 g/mol. The second-order valence-corrected chi connectivity index (χ2v) is 8.28. The van der Waals surface area contributed by atoms with Crippen LogP contribution in [0.5, 0.6) is 0 Å². The Morgan fingerprint density at radius 1 is 1.30 bits per heavy atom. The van der Waals surface area contributed by atoms with E-state index >= 15 is 0 Å². The molecule has 0 heterocycles. The Hall–Kier alpha value is -1.25. The molecule has 0 aliphatic carbocycles. The molecule has 1 amide bonds. The van der Waals surface area contributed by atoms with Crippen molar-refractivity contribution < 1.29 is 19.4 Å². The van der Waals surface area contributed by atoms with Gasteiger partial charge < -0.3 is 0 Å². The van der Waals surface area contributed by atoms with E-state index in [1.54, 1.807) is 20.8 Å². The zero-order chi connectivity index (χ0) is 15.2. The van der Waals surface area contributed by atoms with Crippen molar-refractivity contribution in [2.75, 3.05) is 0 Å². The van der Waals surface area contributed by atoms with Crippen molar-refractivity contribution in [3.8, 4) is 0 Å². The van der Waals surface area contributed by atoms with Crippen LogP contribution < -0.4 is 8.93 Å². The van der Waals surface area contributed by atoms with Gasteiger partial charge in [-0.25, -0.2) is 0 Å². The molecule has 1 atom stereocenters. The quantitative estimate of drug-likeness (QED) is 0.743. The third-order valence-corrected chi connectivity index (χ3v) is 5.30. The summed E-state index contributed by atoms with van der Waals surface area (Å²) in [5.74, 6) is -1.03. The average molecular weight is 393 g/mol. The molecule has 0 fully saturated rings. The molecule has 0 saturated heterocycles. The molecule has 5 nitrogen and oxygen atoms in total. The van der Waals surface area contributed by atoms with Crippen molar-refractivity contribution in [2.24, 2.45) is 0 Å². The summed E-state index contributed by atoms with van der Waals surface area (Å²) in [7, 11) is 0. The van der Waals surface area contributed by atoms with Crippen LogP contribution in [-0.2, 0) is 9.53 Å². The van der Waals surface area contributed by atoms with Gasteiger partial charge in [-0.05, 0) is 0 Å². The van der Waals surface area contributed by atoms with Crippen molar-refractivity contribution in [2.45, 2.75) is 36.9 Å². The van der Waals surface area contributed by atoms with Crippen LogP contribution in [0.1, 0.15) is 20.8 Å². The molecule has 110 valence electrons. The summed E-state index contributed by atoms with van der Waals surface area (Å²) in [6.45, 7) is 5.21. The Morgan fingerprint density at radius 2 is 1.90 bits per heavy atom. The molecule has 1 rings (SSSR count). The van der Waals surface area contributed by atoms with Crippen LogP contribution in [0.15, 0.2) is 30.3 Å². The number of alkyl carbamates (subject to hydrolysis) is 1. The molecule has 1 aromatic rings. The summed E-state index contributed by atoms with van der Waals surface area (Å²) in [4.78, 5) is 22.8. The molecule has 2 N–H and O–H groups in total. The van der Waals surface area contributed by atoms with E-state index in [4.69, 9.17) is 9.84 Å². The molecule has 0 aliphatic rings. The van der Waals surface area contributed by atoms with Gasteiger partial charge in [0.05, 0.1) is 0 Å². The second kappa shape index (κ2) is 7.51. The summed E-state index contributed by atoms with van der Waals surface area (Å²) >= 11 is -0.653. The number of benzene rings is 1. The molecule has 0 bridgehead atoms. The van der Waals surface area contributed by atoms with Crippen molar-refractivity contribution in [1.82, 2.24) is 5.32 Å². The van der Waals surface area contributed by atoms with Crippen LogP contribution in [0.3, 0.4) is 0 Å². The van der Waals surface area contributed by atoms with Crippen LogP contribution in [0.25, 0.3) is 0 Å². The maximum absolute atomic E-state index is 11.6. The number of carbonyl (C=O) groups is 2. The third-order valence-electron chi connectivity index (χ3n) is 2.15. The van der Waals surface area contributed by atoms with Gasteiger partial charge >= 0.3 is 129 Å². The number of carboxylic acids is 1. The molecule has 0 spiro atoms. The number of aliphatic carboxylic acids is 1. The van der Waals surface area contributed by atoms with Crippen LogP contribution in [0.2, 0.25) is 4.47 Å². The number of carboxylic acid groups (broad SMARTS) is 1. The molecule has 0 aliphatic heterocycles. The number of hydrogen-bond donors (Lipinski definition) is 2. The van der Waals surface area contributed by atoms with Gasteiger partial charge in [-0.15, -0.1) is 0 Å².